The van der Waals surface area contributed by atoms with Crippen molar-refractivity contribution in [1.29, 1.82) is 0 Å². The Bertz CT molecular complexity index is 4190. The fourth-order valence-electron chi connectivity index (χ4n) is 13.1. The monoisotopic (exact) mass is 1080 g/mol. The Hall–Kier alpha value is -7.92. The molecule has 0 unspecified atom stereocenters. The van der Waals surface area contributed by atoms with Gasteiger partial charge in [0.1, 0.15) is 0 Å². The van der Waals surface area contributed by atoms with E-state index in [9.17, 15) is 0 Å². The molecule has 1 aromatic heterocycles. The first-order chi connectivity index (χ1) is 39.1. The van der Waals surface area contributed by atoms with Crippen LogP contribution in [0.5, 0.6) is 0 Å². The highest BCUT2D eigenvalue weighted by molar-refractivity contribution is 7.26. The van der Waals surface area contributed by atoms with Crippen molar-refractivity contribution in [1.82, 2.24) is 0 Å². The molecule has 2 nitrogen and oxygen atoms in total. The summed E-state index contributed by atoms with van der Waals surface area (Å²) in [7, 11) is 0. The summed E-state index contributed by atoms with van der Waals surface area (Å²) in [5.74, 6) is -0.0193. The summed E-state index contributed by atoms with van der Waals surface area (Å²) in [4.78, 5) is 5.40. The number of fused-ring (bicyclic) bond motifs is 8. The topological polar surface area (TPSA) is 6.48 Å². The number of thiophene rings is 1. The molecule has 2 aliphatic rings. The molecule has 0 N–H and O–H groups in total. The van der Waals surface area contributed by atoms with Crippen molar-refractivity contribution in [3.05, 3.63) is 257 Å². The second kappa shape index (κ2) is 19.6. The van der Waals surface area contributed by atoms with Crippen molar-refractivity contribution in [2.24, 2.45) is 0 Å². The number of aryl methyl sites for hydroxylation is 1. The number of nitrogens with zero attached hydrogens (tertiary/aromatic N) is 2. The maximum atomic E-state index is 2.70. The lowest BCUT2D eigenvalue weighted by atomic mass is 9.43. The van der Waals surface area contributed by atoms with Crippen molar-refractivity contribution in [3.63, 3.8) is 0 Å². The minimum Gasteiger partial charge on any atom is -0.376 e. The van der Waals surface area contributed by atoms with Crippen LogP contribution in [0.1, 0.15) is 134 Å². The van der Waals surface area contributed by atoms with E-state index in [1.807, 2.05) is 11.3 Å². The smallest absolute Gasteiger partial charge is 0.333 e. The van der Waals surface area contributed by atoms with Gasteiger partial charge in [0, 0.05) is 49.6 Å². The van der Waals surface area contributed by atoms with Crippen LogP contribution in [-0.2, 0) is 21.7 Å². The zero-order valence-electron chi connectivity index (χ0n) is 50.2. The Balaban J connectivity index is 1.16. The van der Waals surface area contributed by atoms with Crippen LogP contribution in [0, 0.1) is 6.92 Å². The molecule has 3 heterocycles. The molecular formula is C78H75BN2S. The lowest BCUT2D eigenvalue weighted by molar-refractivity contribution is 0.589. The first-order valence-corrected chi connectivity index (χ1v) is 30.4. The van der Waals surface area contributed by atoms with Crippen molar-refractivity contribution in [3.8, 4) is 33.4 Å². The van der Waals surface area contributed by atoms with Crippen LogP contribution in [0.4, 0.5) is 28.4 Å². The van der Waals surface area contributed by atoms with Crippen LogP contribution < -0.4 is 20.6 Å². The van der Waals surface area contributed by atoms with Gasteiger partial charge < -0.3 is 9.71 Å². The summed E-state index contributed by atoms with van der Waals surface area (Å²) in [5, 5.41) is 2.58. The third-order valence-electron chi connectivity index (χ3n) is 17.8. The Labute approximate surface area is 492 Å². The summed E-state index contributed by atoms with van der Waals surface area (Å²) in [6.07, 6.45) is 0. The van der Waals surface area contributed by atoms with Crippen LogP contribution in [0.2, 0.25) is 0 Å². The Morgan fingerprint density at radius 2 is 0.939 bits per heavy atom. The molecule has 0 saturated carbocycles. The predicted molar refractivity (Wildman–Crippen MR) is 357 cm³/mol. The highest BCUT2D eigenvalue weighted by Crippen LogP contribution is 2.54. The van der Waals surface area contributed by atoms with Gasteiger partial charge in [-0.15, -0.1) is 11.3 Å². The first-order valence-electron chi connectivity index (χ1n) is 29.5. The van der Waals surface area contributed by atoms with E-state index in [1.165, 1.54) is 137 Å². The van der Waals surface area contributed by atoms with Gasteiger partial charge in [0.25, 0.3) is 0 Å². The van der Waals surface area contributed by atoms with E-state index in [-0.39, 0.29) is 34.4 Å². The number of rotatable bonds is 7. The van der Waals surface area contributed by atoms with Crippen molar-refractivity contribution >= 4 is 77.7 Å². The van der Waals surface area contributed by atoms with Gasteiger partial charge >= 0.3 is 6.85 Å². The van der Waals surface area contributed by atoms with Crippen molar-refractivity contribution in [2.75, 3.05) is 9.71 Å². The van der Waals surface area contributed by atoms with Crippen molar-refractivity contribution in [2.45, 2.75) is 118 Å². The molecule has 0 bridgehead atoms. The number of benzene rings is 10. The summed E-state index contributed by atoms with van der Waals surface area (Å²) in [6.45, 7) is 29.9. The number of anilines is 5. The molecule has 2 aliphatic heterocycles. The number of hydrogen-bond acceptors (Lipinski definition) is 3. The molecule has 406 valence electrons. The second-order valence-corrected chi connectivity index (χ2v) is 28.5. The predicted octanol–water partition coefficient (Wildman–Crippen LogP) is 20.8. The maximum Gasteiger partial charge on any atom is 0.333 e. The van der Waals surface area contributed by atoms with Crippen LogP contribution in [-0.4, -0.2) is 6.85 Å². The Morgan fingerprint density at radius 3 is 1.56 bits per heavy atom. The van der Waals surface area contributed by atoms with Crippen LogP contribution in [0.25, 0.3) is 53.6 Å². The number of hydrogen-bond donors (Lipinski definition) is 0. The maximum absolute atomic E-state index is 2.70. The van der Waals surface area contributed by atoms with Crippen LogP contribution in [0.15, 0.2) is 212 Å². The molecule has 82 heavy (non-hydrogen) atoms. The zero-order valence-corrected chi connectivity index (χ0v) is 51.0. The SMILES string of the molecule is Cc1ccccc1-c1cc2c3c(c1)N(c1ccc(C(C)(C)C)cc1-c1ccccc1)c1c(ccc4c1sc1ccccc14)B3N(c1ccc(C(C)(C)C)cc1)c1ccc(C(c3ccc(C(C)(C)C)cc3)c3ccc(C(C)(C)C)cc3)cc1-2. The molecule has 11 aromatic rings. The molecule has 0 atom stereocenters. The van der Waals surface area contributed by atoms with E-state index in [1.54, 1.807) is 0 Å². The van der Waals surface area contributed by atoms with E-state index >= 15 is 0 Å². The van der Waals surface area contributed by atoms with Gasteiger partial charge in [0.05, 0.1) is 16.1 Å². The van der Waals surface area contributed by atoms with E-state index < -0.39 is 0 Å². The average molecular weight is 1080 g/mol. The van der Waals surface area contributed by atoms with Gasteiger partial charge in [-0.1, -0.05) is 241 Å². The highest BCUT2D eigenvalue weighted by Gasteiger charge is 2.47. The molecule has 10 aromatic carbocycles. The van der Waals surface area contributed by atoms with E-state index in [2.05, 4.69) is 312 Å². The van der Waals surface area contributed by atoms with Crippen molar-refractivity contribution < 1.29 is 0 Å². The fourth-order valence-corrected chi connectivity index (χ4v) is 14.4. The Kier molecular flexibility index (Phi) is 12.8. The van der Waals surface area contributed by atoms with E-state index in [4.69, 9.17) is 0 Å². The minimum absolute atomic E-state index is 0.00607. The molecule has 0 fully saturated rings. The molecule has 0 aliphatic carbocycles. The van der Waals surface area contributed by atoms with Crippen LogP contribution in [0.3, 0.4) is 0 Å². The molecule has 4 heteroatoms. The molecule has 0 spiro atoms. The lowest BCUT2D eigenvalue weighted by Crippen LogP contribution is -2.61. The molecule has 0 radical (unpaired) electrons. The fraction of sp³-hybridized carbons (Fsp3) is 0.231. The van der Waals surface area contributed by atoms with E-state index in [0.29, 0.717) is 0 Å². The quantitative estimate of drug-likeness (QED) is 0.116. The lowest BCUT2D eigenvalue weighted by Gasteiger charge is -2.46. The normalized spacial score (nSPS) is 13.5. The molecule has 0 amide bonds. The van der Waals surface area contributed by atoms with Gasteiger partial charge in [-0.25, -0.2) is 0 Å². The van der Waals surface area contributed by atoms with Gasteiger partial charge in [-0.05, 0) is 161 Å². The molecule has 13 rings (SSSR count). The van der Waals surface area contributed by atoms with E-state index in [0.717, 1.165) is 0 Å². The van der Waals surface area contributed by atoms with Gasteiger partial charge in [0.15, 0.2) is 0 Å². The summed E-state index contributed by atoms with van der Waals surface area (Å²) < 4.78 is 2.59. The van der Waals surface area contributed by atoms with Crippen LogP contribution >= 0.6 is 11.3 Å². The third-order valence-corrected chi connectivity index (χ3v) is 19.0. The zero-order chi connectivity index (χ0) is 57.2. The average Bonchev–Trinajstić information content (AvgIpc) is 4.02. The second-order valence-electron chi connectivity index (χ2n) is 27.5. The van der Waals surface area contributed by atoms with Gasteiger partial charge in [0.2, 0.25) is 0 Å². The molecule has 0 saturated heterocycles. The standard InChI is InChI=1S/C78H75BN2S/c1-49-21-17-18-24-60(49)54-46-65-64-45-53(71(51-27-32-55(33-28-51)75(2,3)4)52-29-34-56(35-30-52)76(5,6)7)31-43-68(64)81(59-39-36-57(37-40-59)77(8,9)10)79-66-42-41-62-61-25-19-20-26-70(61)82-74(62)73(66)80(69(47-54)72(65)79)67-44-38-58(78(11,12)13)48-63(67)50-22-15-14-16-23-50/h14-48,71H,1-13H3. The summed E-state index contributed by atoms with van der Waals surface area (Å²) in [5.41, 5.74) is 26.4. The van der Waals surface area contributed by atoms with Gasteiger partial charge in [-0.3, -0.25) is 0 Å². The summed E-state index contributed by atoms with van der Waals surface area (Å²) >= 11 is 1.93. The summed E-state index contributed by atoms with van der Waals surface area (Å²) in [6, 6.07) is 82.4. The molecular weight excluding hydrogens is 1010 g/mol. The van der Waals surface area contributed by atoms with Gasteiger partial charge in [-0.2, -0.15) is 0 Å². The third kappa shape index (κ3) is 9.19. The minimum atomic E-state index is -0.171. The Morgan fingerprint density at radius 1 is 0.390 bits per heavy atom. The largest absolute Gasteiger partial charge is 0.376 e. The first kappa shape index (κ1) is 53.4. The highest BCUT2D eigenvalue weighted by atomic mass is 32.1.